The summed E-state index contributed by atoms with van der Waals surface area (Å²) in [7, 11) is 1.92. The van der Waals surface area contributed by atoms with Gasteiger partial charge in [0, 0.05) is 37.9 Å². The molecular formula is C19H25N5O2S. The first kappa shape index (κ1) is 19.4. The molecule has 0 radical (unpaired) electrons. The summed E-state index contributed by atoms with van der Waals surface area (Å²) < 4.78 is 1.93. The highest BCUT2D eigenvalue weighted by Crippen LogP contribution is 2.22. The molecule has 1 saturated heterocycles. The Labute approximate surface area is 163 Å². The number of amides is 2. The summed E-state index contributed by atoms with van der Waals surface area (Å²) in [5.74, 6) is 1.29. The third-order valence-electron chi connectivity index (χ3n) is 4.57. The third kappa shape index (κ3) is 5.32. The fourth-order valence-electron chi connectivity index (χ4n) is 3.03. The number of hydrogen-bond acceptors (Lipinski definition) is 5. The van der Waals surface area contributed by atoms with Gasteiger partial charge in [-0.25, -0.2) is 0 Å². The fourth-order valence-corrected chi connectivity index (χ4v) is 3.88. The Morgan fingerprint density at radius 1 is 1.11 bits per heavy atom. The lowest BCUT2D eigenvalue weighted by atomic mass is 10.1. The van der Waals surface area contributed by atoms with Crippen molar-refractivity contribution in [3.63, 3.8) is 0 Å². The van der Waals surface area contributed by atoms with Gasteiger partial charge in [0.15, 0.2) is 11.0 Å². The molecule has 8 heteroatoms. The molecule has 1 aromatic carbocycles. The van der Waals surface area contributed by atoms with Crippen LogP contribution in [0.2, 0.25) is 0 Å². The lowest BCUT2D eigenvalue weighted by Gasteiger charge is -2.26. The summed E-state index contributed by atoms with van der Waals surface area (Å²) in [6.07, 6.45) is 3.63. The Bertz CT molecular complexity index is 772. The Hall–Kier alpha value is -2.35. The molecule has 0 unspecified atom stereocenters. The van der Waals surface area contributed by atoms with E-state index in [-0.39, 0.29) is 18.4 Å². The Balaban J connectivity index is 1.41. The topological polar surface area (TPSA) is 80.1 Å². The maximum Gasteiger partial charge on any atom is 0.241 e. The van der Waals surface area contributed by atoms with E-state index >= 15 is 0 Å². The van der Waals surface area contributed by atoms with Gasteiger partial charge in [0.2, 0.25) is 11.8 Å². The van der Waals surface area contributed by atoms with Crippen LogP contribution >= 0.6 is 11.8 Å². The van der Waals surface area contributed by atoms with E-state index in [0.29, 0.717) is 12.2 Å². The molecule has 1 aliphatic rings. The number of thioether (sulfide) groups is 1. The summed E-state index contributed by atoms with van der Waals surface area (Å²) in [6.45, 7) is 1.70. The van der Waals surface area contributed by atoms with Crippen LogP contribution in [0.1, 0.15) is 25.7 Å². The average Bonchev–Trinajstić information content (AvgIpc) is 3.08. The van der Waals surface area contributed by atoms with Gasteiger partial charge in [0.05, 0.1) is 6.54 Å². The minimum atomic E-state index is -0.113. The normalized spacial score (nSPS) is 14.2. The van der Waals surface area contributed by atoms with Crippen LogP contribution in [0.3, 0.4) is 0 Å². The molecule has 144 valence electrons. The fraction of sp³-hybridized carbons (Fsp3) is 0.474. The molecule has 3 rings (SSSR count). The minimum Gasteiger partial charge on any atom is -0.347 e. The van der Waals surface area contributed by atoms with E-state index in [1.165, 1.54) is 18.2 Å². The van der Waals surface area contributed by atoms with E-state index in [2.05, 4.69) is 15.5 Å². The van der Waals surface area contributed by atoms with Crippen LogP contribution in [0.4, 0.5) is 0 Å². The van der Waals surface area contributed by atoms with Crippen molar-refractivity contribution in [2.45, 2.75) is 30.8 Å². The first-order chi connectivity index (χ1) is 13.1. The van der Waals surface area contributed by atoms with Crippen molar-refractivity contribution in [2.24, 2.45) is 7.05 Å². The van der Waals surface area contributed by atoms with E-state index in [1.807, 2.05) is 46.8 Å². The van der Waals surface area contributed by atoms with Gasteiger partial charge >= 0.3 is 0 Å². The van der Waals surface area contributed by atoms with Gasteiger partial charge in [-0.15, -0.1) is 10.2 Å². The number of aromatic nitrogens is 3. The van der Waals surface area contributed by atoms with Crippen molar-refractivity contribution in [2.75, 3.05) is 25.4 Å². The van der Waals surface area contributed by atoms with Gasteiger partial charge < -0.3 is 14.8 Å². The molecule has 1 N–H and O–H groups in total. The summed E-state index contributed by atoms with van der Waals surface area (Å²) >= 11 is 1.49. The second kappa shape index (κ2) is 9.55. The highest BCUT2D eigenvalue weighted by atomic mass is 32.2. The molecule has 2 amide bonds. The van der Waals surface area contributed by atoms with Gasteiger partial charge in [0.1, 0.15) is 0 Å². The minimum absolute atomic E-state index is 0.0107. The lowest BCUT2D eigenvalue weighted by Crippen LogP contribution is -2.42. The zero-order valence-corrected chi connectivity index (χ0v) is 16.4. The Kier molecular flexibility index (Phi) is 6.86. The zero-order valence-electron chi connectivity index (χ0n) is 15.6. The van der Waals surface area contributed by atoms with Gasteiger partial charge in [-0.2, -0.15) is 0 Å². The summed E-state index contributed by atoms with van der Waals surface area (Å²) in [6, 6.07) is 9.87. The van der Waals surface area contributed by atoms with Gasteiger partial charge in [-0.3, -0.25) is 9.59 Å². The highest BCUT2D eigenvalue weighted by molar-refractivity contribution is 7.99. The number of carbonyl (C=O) groups is 2. The summed E-state index contributed by atoms with van der Waals surface area (Å²) in [5, 5.41) is 11.9. The summed E-state index contributed by atoms with van der Waals surface area (Å²) in [5.41, 5.74) is 1.01. The van der Waals surface area contributed by atoms with Crippen LogP contribution in [-0.2, 0) is 16.6 Å². The number of nitrogens with zero attached hydrogens (tertiary/aromatic N) is 4. The van der Waals surface area contributed by atoms with Crippen LogP contribution < -0.4 is 5.32 Å². The van der Waals surface area contributed by atoms with Crippen molar-refractivity contribution in [1.82, 2.24) is 25.0 Å². The molecule has 0 aliphatic carbocycles. The molecule has 0 bridgehead atoms. The number of hydrogen-bond donors (Lipinski definition) is 1. The average molecular weight is 388 g/mol. The SMILES string of the molecule is Cn1c(SCCC(=O)NCC(=O)N2CCCCC2)nnc1-c1ccccc1. The van der Waals surface area contributed by atoms with E-state index in [1.54, 1.807) is 0 Å². The molecule has 0 saturated carbocycles. The Morgan fingerprint density at radius 3 is 2.59 bits per heavy atom. The van der Waals surface area contributed by atoms with E-state index in [9.17, 15) is 9.59 Å². The van der Waals surface area contributed by atoms with Crippen LogP contribution in [0, 0.1) is 0 Å². The highest BCUT2D eigenvalue weighted by Gasteiger charge is 2.17. The van der Waals surface area contributed by atoms with Gasteiger partial charge in [-0.1, -0.05) is 42.1 Å². The molecular weight excluding hydrogens is 362 g/mol. The molecule has 0 spiro atoms. The predicted molar refractivity (Wildman–Crippen MR) is 105 cm³/mol. The molecule has 7 nitrogen and oxygen atoms in total. The maximum absolute atomic E-state index is 12.1. The van der Waals surface area contributed by atoms with Gasteiger partial charge in [-0.05, 0) is 19.3 Å². The van der Waals surface area contributed by atoms with Gasteiger partial charge in [0.25, 0.3) is 0 Å². The lowest BCUT2D eigenvalue weighted by molar-refractivity contribution is -0.133. The number of benzene rings is 1. The van der Waals surface area contributed by atoms with Crippen LogP contribution in [0.5, 0.6) is 0 Å². The zero-order chi connectivity index (χ0) is 19.1. The molecule has 2 heterocycles. The molecule has 0 atom stereocenters. The van der Waals surface area contributed by atoms with Crippen molar-refractivity contribution < 1.29 is 9.59 Å². The largest absolute Gasteiger partial charge is 0.347 e. The van der Waals surface area contributed by atoms with Crippen molar-refractivity contribution in [1.29, 1.82) is 0 Å². The molecule has 1 fully saturated rings. The molecule has 2 aromatic rings. The molecule has 1 aromatic heterocycles. The van der Waals surface area contributed by atoms with Crippen molar-refractivity contribution in [3.8, 4) is 11.4 Å². The Morgan fingerprint density at radius 2 is 1.85 bits per heavy atom. The monoisotopic (exact) mass is 387 g/mol. The number of nitrogens with one attached hydrogen (secondary N) is 1. The summed E-state index contributed by atoms with van der Waals surface area (Å²) in [4.78, 5) is 25.9. The van der Waals surface area contributed by atoms with Crippen LogP contribution in [-0.4, -0.2) is 56.9 Å². The first-order valence-corrected chi connectivity index (χ1v) is 10.3. The van der Waals surface area contributed by atoms with E-state index < -0.39 is 0 Å². The van der Waals surface area contributed by atoms with Crippen LogP contribution in [0.15, 0.2) is 35.5 Å². The van der Waals surface area contributed by atoms with Crippen molar-refractivity contribution in [3.05, 3.63) is 30.3 Å². The smallest absolute Gasteiger partial charge is 0.241 e. The first-order valence-electron chi connectivity index (χ1n) is 9.27. The standard InChI is InChI=1S/C19H25N5O2S/c1-23-18(15-8-4-2-5-9-15)21-22-19(23)27-13-10-16(25)20-14-17(26)24-11-6-3-7-12-24/h2,4-5,8-9H,3,6-7,10-14H2,1H3,(H,20,25). The number of likely N-dealkylation sites (tertiary alicyclic amines) is 1. The second-order valence-electron chi connectivity index (χ2n) is 6.55. The number of carbonyl (C=O) groups excluding carboxylic acids is 2. The molecule has 1 aliphatic heterocycles. The van der Waals surface area contributed by atoms with Crippen molar-refractivity contribution >= 4 is 23.6 Å². The van der Waals surface area contributed by atoms with E-state index in [4.69, 9.17) is 0 Å². The second-order valence-corrected chi connectivity index (χ2v) is 7.61. The number of piperidine rings is 1. The van der Waals surface area contributed by atoms with Crippen LogP contribution in [0.25, 0.3) is 11.4 Å². The number of rotatable bonds is 7. The maximum atomic E-state index is 12.1. The van der Waals surface area contributed by atoms with E-state index in [0.717, 1.165) is 42.5 Å². The third-order valence-corrected chi connectivity index (χ3v) is 5.59. The quantitative estimate of drug-likeness (QED) is 0.736. The molecule has 27 heavy (non-hydrogen) atoms. The predicted octanol–water partition coefficient (Wildman–Crippen LogP) is 2.09.